The van der Waals surface area contributed by atoms with Crippen molar-refractivity contribution in [3.8, 4) is 0 Å². The quantitative estimate of drug-likeness (QED) is 0.696. The van der Waals surface area contributed by atoms with Crippen LogP contribution < -0.4 is 5.48 Å². The molecular weight excluding hydrogens is 245 g/mol. The van der Waals surface area contributed by atoms with Gasteiger partial charge in [-0.25, -0.2) is 15.1 Å². The summed E-state index contributed by atoms with van der Waals surface area (Å²) < 4.78 is 36.2. The number of halogens is 3. The maximum Gasteiger partial charge on any atom is 0.406 e. The van der Waals surface area contributed by atoms with Crippen LogP contribution in [-0.2, 0) is 9.63 Å². The van der Waals surface area contributed by atoms with E-state index in [0.717, 1.165) is 0 Å². The summed E-state index contributed by atoms with van der Waals surface area (Å²) in [5.41, 5.74) is 1.63. The minimum absolute atomic E-state index is 0.109. The Morgan fingerprint density at radius 3 is 2.41 bits per heavy atom. The molecule has 2 amide bonds. The normalized spacial score (nSPS) is 11.1. The molecule has 0 aromatic carbocycles. The van der Waals surface area contributed by atoms with E-state index in [0.29, 0.717) is 11.3 Å². The number of aliphatic carboxylic acids is 1. The summed E-state index contributed by atoms with van der Waals surface area (Å²) in [6.07, 6.45) is -4.18. The molecule has 17 heavy (non-hydrogen) atoms. The average molecular weight is 258 g/mol. The molecular formula is C8H13F3N2O4. The molecule has 0 bridgehead atoms. The number of urea groups is 1. The zero-order valence-electron chi connectivity index (χ0n) is 9.08. The van der Waals surface area contributed by atoms with Crippen LogP contribution in [0.2, 0.25) is 0 Å². The SMILES string of the molecule is CCCN(CC(F)(F)F)C(=O)NOCC(=O)O. The monoisotopic (exact) mass is 258 g/mol. The lowest BCUT2D eigenvalue weighted by Gasteiger charge is -2.23. The third-order valence-electron chi connectivity index (χ3n) is 1.51. The minimum Gasteiger partial charge on any atom is -0.479 e. The number of rotatable bonds is 6. The number of carboxylic acid groups (broad SMARTS) is 1. The van der Waals surface area contributed by atoms with Crippen LogP contribution in [-0.4, -0.2) is 47.9 Å². The molecule has 0 aliphatic carbocycles. The lowest BCUT2D eigenvalue weighted by atomic mass is 10.4. The van der Waals surface area contributed by atoms with Gasteiger partial charge in [-0.2, -0.15) is 13.2 Å². The summed E-state index contributed by atoms with van der Waals surface area (Å²) >= 11 is 0. The molecule has 0 saturated carbocycles. The number of hydrogen-bond acceptors (Lipinski definition) is 3. The van der Waals surface area contributed by atoms with Crippen LogP contribution >= 0.6 is 0 Å². The van der Waals surface area contributed by atoms with Crippen LogP contribution in [0.3, 0.4) is 0 Å². The first-order valence-electron chi connectivity index (χ1n) is 4.71. The molecule has 9 heteroatoms. The van der Waals surface area contributed by atoms with Crippen molar-refractivity contribution >= 4 is 12.0 Å². The van der Waals surface area contributed by atoms with Crippen LogP contribution in [0.4, 0.5) is 18.0 Å². The number of nitrogens with one attached hydrogen (secondary N) is 1. The maximum absolute atomic E-state index is 12.1. The molecule has 0 heterocycles. The van der Waals surface area contributed by atoms with Gasteiger partial charge in [0, 0.05) is 6.54 Å². The fourth-order valence-corrected chi connectivity index (χ4v) is 0.963. The molecule has 0 rings (SSSR count). The highest BCUT2D eigenvalue weighted by molar-refractivity contribution is 5.73. The first-order valence-corrected chi connectivity index (χ1v) is 4.71. The first kappa shape index (κ1) is 15.5. The van der Waals surface area contributed by atoms with Crippen molar-refractivity contribution in [2.75, 3.05) is 19.7 Å². The second-order valence-corrected chi connectivity index (χ2v) is 3.13. The second-order valence-electron chi connectivity index (χ2n) is 3.13. The van der Waals surface area contributed by atoms with Gasteiger partial charge in [-0.15, -0.1) is 0 Å². The number of hydroxylamine groups is 1. The van der Waals surface area contributed by atoms with Gasteiger partial charge in [-0.1, -0.05) is 6.92 Å². The van der Waals surface area contributed by atoms with E-state index >= 15 is 0 Å². The van der Waals surface area contributed by atoms with Crippen LogP contribution in [0.15, 0.2) is 0 Å². The van der Waals surface area contributed by atoms with E-state index in [1.807, 2.05) is 0 Å². The van der Waals surface area contributed by atoms with E-state index in [9.17, 15) is 22.8 Å². The summed E-state index contributed by atoms with van der Waals surface area (Å²) in [5, 5.41) is 8.18. The van der Waals surface area contributed by atoms with Gasteiger partial charge in [0.05, 0.1) is 0 Å². The second kappa shape index (κ2) is 6.94. The Kier molecular flexibility index (Phi) is 6.33. The molecule has 0 radical (unpaired) electrons. The zero-order valence-corrected chi connectivity index (χ0v) is 9.08. The van der Waals surface area contributed by atoms with Crippen LogP contribution in [0.5, 0.6) is 0 Å². The molecule has 0 saturated heterocycles. The first-order chi connectivity index (χ1) is 7.76. The van der Waals surface area contributed by atoms with Crippen LogP contribution in [0, 0.1) is 0 Å². The Bertz CT molecular complexity index is 270. The lowest BCUT2D eigenvalue weighted by molar-refractivity contribution is -0.147. The number of amides is 2. The van der Waals surface area contributed by atoms with Gasteiger partial charge < -0.3 is 10.0 Å². The summed E-state index contributed by atoms with van der Waals surface area (Å²) in [7, 11) is 0. The summed E-state index contributed by atoms with van der Waals surface area (Å²) in [6, 6.07) is -1.12. The number of alkyl halides is 3. The highest BCUT2D eigenvalue weighted by atomic mass is 19.4. The van der Waals surface area contributed by atoms with Crippen LogP contribution in [0.25, 0.3) is 0 Å². The largest absolute Gasteiger partial charge is 0.479 e. The zero-order chi connectivity index (χ0) is 13.5. The predicted molar refractivity (Wildman–Crippen MR) is 50.0 cm³/mol. The summed E-state index contributed by atoms with van der Waals surface area (Å²) in [5.74, 6) is -1.34. The Morgan fingerprint density at radius 1 is 1.41 bits per heavy atom. The van der Waals surface area contributed by atoms with Gasteiger partial charge in [0.15, 0.2) is 6.61 Å². The minimum atomic E-state index is -4.51. The molecule has 2 N–H and O–H groups in total. The van der Waals surface area contributed by atoms with Gasteiger partial charge in [-0.3, -0.25) is 4.84 Å². The van der Waals surface area contributed by atoms with E-state index in [2.05, 4.69) is 4.84 Å². The fourth-order valence-electron chi connectivity index (χ4n) is 0.963. The maximum atomic E-state index is 12.1. The number of carboxylic acids is 1. The Balaban J connectivity index is 4.19. The van der Waals surface area contributed by atoms with Crippen molar-refractivity contribution in [2.24, 2.45) is 0 Å². The topological polar surface area (TPSA) is 78.9 Å². The van der Waals surface area contributed by atoms with E-state index in [-0.39, 0.29) is 6.54 Å². The number of carbonyl (C=O) groups is 2. The summed E-state index contributed by atoms with van der Waals surface area (Å²) in [6.45, 7) is -0.739. The molecule has 100 valence electrons. The van der Waals surface area contributed by atoms with Gasteiger partial charge in [-0.05, 0) is 6.42 Å². The van der Waals surface area contributed by atoms with E-state index in [4.69, 9.17) is 5.11 Å². The Hall–Kier alpha value is -1.51. The van der Waals surface area contributed by atoms with Crippen LogP contribution in [0.1, 0.15) is 13.3 Å². The molecule has 0 atom stereocenters. The molecule has 0 unspecified atom stereocenters. The smallest absolute Gasteiger partial charge is 0.406 e. The van der Waals surface area contributed by atoms with Gasteiger partial charge in [0.25, 0.3) is 0 Å². The van der Waals surface area contributed by atoms with Crippen molar-refractivity contribution < 1.29 is 32.7 Å². The van der Waals surface area contributed by atoms with Crippen molar-refractivity contribution in [2.45, 2.75) is 19.5 Å². The Morgan fingerprint density at radius 2 is 2.00 bits per heavy atom. The third kappa shape index (κ3) is 8.31. The molecule has 0 spiro atoms. The molecule has 0 aromatic heterocycles. The average Bonchev–Trinajstić information content (AvgIpc) is 2.14. The van der Waals surface area contributed by atoms with Crippen molar-refractivity contribution in [3.63, 3.8) is 0 Å². The van der Waals surface area contributed by atoms with Gasteiger partial charge >= 0.3 is 18.2 Å². The highest BCUT2D eigenvalue weighted by Crippen LogP contribution is 2.16. The third-order valence-corrected chi connectivity index (χ3v) is 1.51. The molecule has 6 nitrogen and oxygen atoms in total. The van der Waals surface area contributed by atoms with E-state index < -0.39 is 31.3 Å². The number of carbonyl (C=O) groups excluding carboxylic acids is 1. The van der Waals surface area contributed by atoms with Gasteiger partial charge in [0.1, 0.15) is 6.54 Å². The van der Waals surface area contributed by atoms with Crippen molar-refractivity contribution in [1.82, 2.24) is 10.4 Å². The fraction of sp³-hybridized carbons (Fsp3) is 0.750. The van der Waals surface area contributed by atoms with Crippen molar-refractivity contribution in [3.05, 3.63) is 0 Å². The van der Waals surface area contributed by atoms with E-state index in [1.165, 1.54) is 0 Å². The van der Waals surface area contributed by atoms with Crippen molar-refractivity contribution in [1.29, 1.82) is 0 Å². The lowest BCUT2D eigenvalue weighted by Crippen LogP contribution is -2.45. The Labute approximate surface area is 95.3 Å². The predicted octanol–water partition coefficient (Wildman–Crippen LogP) is 0.987. The molecule has 0 aliphatic rings. The highest BCUT2D eigenvalue weighted by Gasteiger charge is 2.32. The standard InChI is InChI=1S/C8H13F3N2O4/c1-2-3-13(5-8(9,10)11)7(16)12-17-4-6(14)15/h2-5H2,1H3,(H,12,16)(H,14,15). The van der Waals surface area contributed by atoms with E-state index in [1.54, 1.807) is 12.4 Å². The molecule has 0 aliphatic heterocycles. The molecule has 0 fully saturated rings. The molecule has 0 aromatic rings. The summed E-state index contributed by atoms with van der Waals surface area (Å²) in [4.78, 5) is 25.9. The number of nitrogens with zero attached hydrogens (tertiary/aromatic N) is 1. The van der Waals surface area contributed by atoms with Gasteiger partial charge in [0.2, 0.25) is 0 Å². The number of hydrogen-bond donors (Lipinski definition) is 2.